The Morgan fingerprint density at radius 3 is 2.85 bits per heavy atom. The number of aromatic nitrogens is 2. The van der Waals surface area contributed by atoms with Crippen LogP contribution >= 0.6 is 11.6 Å². The van der Waals surface area contributed by atoms with Crippen LogP contribution in [0.1, 0.15) is 40.0 Å². The third-order valence-corrected chi connectivity index (χ3v) is 4.46. The Kier molecular flexibility index (Phi) is 4.56. The van der Waals surface area contributed by atoms with Gasteiger partial charge in [-0.2, -0.15) is 0 Å². The molecule has 27 heavy (non-hydrogen) atoms. The molecule has 1 aliphatic heterocycles. The molecule has 5 nitrogen and oxygen atoms in total. The normalized spacial score (nSPS) is 24.5. The first-order valence-electron chi connectivity index (χ1n) is 10.3. The van der Waals surface area contributed by atoms with E-state index in [1.54, 1.807) is 6.92 Å². The number of nitrogens with zero attached hydrogens (tertiary/aromatic N) is 3. The molecular weight excluding hydrogens is 374 g/mol. The van der Waals surface area contributed by atoms with E-state index in [1.165, 1.54) is 18.5 Å². The topological polar surface area (TPSA) is 58.1 Å². The number of amides is 1. The van der Waals surface area contributed by atoms with Crippen molar-refractivity contribution in [3.63, 3.8) is 0 Å². The molecule has 1 aliphatic rings. The van der Waals surface area contributed by atoms with Gasteiger partial charge < -0.3 is 10.2 Å². The number of benzene rings is 1. The molecule has 1 N–H and O–H groups in total. The molecule has 1 aromatic heterocycles. The van der Waals surface area contributed by atoms with Crippen molar-refractivity contribution in [2.45, 2.75) is 31.9 Å². The molecule has 1 atom stereocenters. The Balaban J connectivity index is 1.70. The summed E-state index contributed by atoms with van der Waals surface area (Å²) in [5, 5.41) is 2.14. The molecule has 1 fully saturated rings. The minimum Gasteiger partial charge on any atom is -0.338 e. The highest BCUT2D eigenvalue weighted by atomic mass is 35.5. The second-order valence-electron chi connectivity index (χ2n) is 6.31. The quantitative estimate of drug-likeness (QED) is 0.839. The van der Waals surface area contributed by atoms with Crippen LogP contribution in [0.15, 0.2) is 30.6 Å². The predicted molar refractivity (Wildman–Crippen MR) is 98.9 cm³/mol. The van der Waals surface area contributed by atoms with Gasteiger partial charge in [-0.15, -0.1) is 0 Å². The van der Waals surface area contributed by atoms with Crippen LogP contribution in [-0.4, -0.2) is 46.1 Å². The summed E-state index contributed by atoms with van der Waals surface area (Å²) in [5.74, 6) is -1.47. The van der Waals surface area contributed by atoms with Gasteiger partial charge >= 0.3 is 0 Å². The number of rotatable bonds is 5. The second kappa shape index (κ2) is 8.27. The molecule has 0 radical (unpaired) electrons. The zero-order valence-corrected chi connectivity index (χ0v) is 15.4. The van der Waals surface area contributed by atoms with Gasteiger partial charge in [0.05, 0.1) is 14.3 Å². The van der Waals surface area contributed by atoms with Crippen LogP contribution in [0, 0.1) is 12.7 Å². The highest BCUT2D eigenvalue weighted by Crippen LogP contribution is 2.27. The van der Waals surface area contributed by atoms with Crippen LogP contribution in [0.25, 0.3) is 0 Å². The summed E-state index contributed by atoms with van der Waals surface area (Å²) < 4.78 is 61.4. The van der Waals surface area contributed by atoms with Crippen molar-refractivity contribution in [3.05, 3.63) is 58.4 Å². The van der Waals surface area contributed by atoms with Gasteiger partial charge in [-0.1, -0.05) is 11.6 Å². The van der Waals surface area contributed by atoms with E-state index in [1.807, 2.05) is 0 Å². The zero-order valence-electron chi connectivity index (χ0n) is 18.6. The highest BCUT2D eigenvalue weighted by Gasteiger charge is 2.36. The summed E-state index contributed by atoms with van der Waals surface area (Å²) in [7, 11) is 0. The van der Waals surface area contributed by atoms with Crippen LogP contribution in [-0.2, 0) is 6.50 Å². The molecule has 8 heteroatoms. The van der Waals surface area contributed by atoms with E-state index in [0.717, 1.165) is 22.6 Å². The van der Waals surface area contributed by atoms with E-state index in [0.29, 0.717) is 0 Å². The van der Waals surface area contributed by atoms with Gasteiger partial charge in [0.1, 0.15) is 17.3 Å². The lowest BCUT2D eigenvalue weighted by Crippen LogP contribution is -2.48. The van der Waals surface area contributed by atoms with Crippen LogP contribution in [0.4, 0.5) is 8.78 Å². The van der Waals surface area contributed by atoms with Crippen LogP contribution < -0.4 is 5.32 Å². The van der Waals surface area contributed by atoms with Crippen LogP contribution in [0.3, 0.4) is 0 Å². The molecular formula is C19H21ClF2N4O. The summed E-state index contributed by atoms with van der Waals surface area (Å²) in [5.41, 5.74) is -1.64. The molecule has 0 aliphatic carbocycles. The first kappa shape index (κ1) is 14.9. The van der Waals surface area contributed by atoms with Gasteiger partial charge in [0.25, 0.3) is 5.91 Å². The van der Waals surface area contributed by atoms with Gasteiger partial charge in [-0.05, 0) is 30.7 Å². The standard InChI is InChI=1S/C19H21ClF2N4O/c1-13-9-24-17(25-10-13)11-23-12-19(22)4-6-26(7-5-19)18(27)14-2-3-16(21)15(20)8-14/h2-3,8-10,23H,4-7,11-12H2,1H3/i4D2,11D2. The fourth-order valence-electron chi connectivity index (χ4n) is 2.57. The minimum absolute atomic E-state index is 0.0690. The number of carbonyl (C=O) groups is 1. The summed E-state index contributed by atoms with van der Waals surface area (Å²) >= 11 is 5.71. The number of halogens is 3. The van der Waals surface area contributed by atoms with Crippen LogP contribution in [0.5, 0.6) is 0 Å². The Morgan fingerprint density at radius 2 is 2.19 bits per heavy atom. The molecule has 2 aromatic rings. The summed E-state index contributed by atoms with van der Waals surface area (Å²) in [6, 6.07) is 3.41. The fourth-order valence-corrected chi connectivity index (χ4v) is 2.75. The third-order valence-electron chi connectivity index (χ3n) is 4.17. The second-order valence-corrected chi connectivity index (χ2v) is 6.72. The van der Waals surface area contributed by atoms with E-state index < -0.39 is 43.4 Å². The maximum absolute atomic E-state index is 15.6. The maximum atomic E-state index is 15.6. The molecule has 3 rings (SSSR count). The number of aryl methyl sites for hydroxylation is 1. The third kappa shape index (κ3) is 4.99. The molecule has 0 bridgehead atoms. The largest absolute Gasteiger partial charge is 0.338 e. The molecule has 0 saturated carbocycles. The molecule has 1 unspecified atom stereocenters. The summed E-state index contributed by atoms with van der Waals surface area (Å²) in [6.45, 7) is -1.83. The molecule has 0 spiro atoms. The number of nitrogens with one attached hydrogen (secondary N) is 1. The molecule has 1 amide bonds. The smallest absolute Gasteiger partial charge is 0.253 e. The SMILES string of the molecule is [2H]C([2H])(NCC1(F)CCN(C(=O)c2ccc(F)c(Cl)c2)CC1([2H])[2H])c1ncc(C)cn1. The number of piperidine rings is 1. The lowest BCUT2D eigenvalue weighted by atomic mass is 9.92. The van der Waals surface area contributed by atoms with Gasteiger partial charge in [-0.25, -0.2) is 18.7 Å². The average Bonchev–Trinajstić information content (AvgIpc) is 2.70. The zero-order chi connectivity index (χ0) is 23.0. The number of hydrogen-bond donors (Lipinski definition) is 1. The molecule has 144 valence electrons. The lowest BCUT2D eigenvalue weighted by molar-refractivity contribution is 0.0434. The summed E-state index contributed by atoms with van der Waals surface area (Å²) in [6.07, 6.45) is 0.0245. The van der Waals surface area contributed by atoms with Crippen molar-refractivity contribution in [3.8, 4) is 0 Å². The van der Waals surface area contributed by atoms with Crippen molar-refractivity contribution in [2.75, 3.05) is 19.6 Å². The Hall–Kier alpha value is -2.12. The number of carbonyl (C=O) groups excluding carboxylic acids is 1. The van der Waals surface area contributed by atoms with Crippen molar-refractivity contribution >= 4 is 17.5 Å². The fraction of sp³-hybridized carbons (Fsp3) is 0.421. The van der Waals surface area contributed by atoms with Gasteiger partial charge in [0.15, 0.2) is 0 Å². The maximum Gasteiger partial charge on any atom is 0.253 e. The predicted octanol–water partition coefficient (Wildman–Crippen LogP) is 3.31. The highest BCUT2D eigenvalue weighted by molar-refractivity contribution is 6.31. The van der Waals surface area contributed by atoms with Crippen molar-refractivity contribution < 1.29 is 19.1 Å². The average molecular weight is 399 g/mol. The monoisotopic (exact) mass is 398 g/mol. The summed E-state index contributed by atoms with van der Waals surface area (Å²) in [4.78, 5) is 21.6. The number of alkyl halides is 1. The van der Waals surface area contributed by atoms with E-state index in [-0.39, 0.29) is 29.4 Å². The van der Waals surface area contributed by atoms with E-state index >= 15 is 4.39 Å². The van der Waals surface area contributed by atoms with E-state index in [9.17, 15) is 9.18 Å². The Bertz CT molecular complexity index is 980. The van der Waals surface area contributed by atoms with Crippen molar-refractivity contribution in [1.29, 1.82) is 0 Å². The van der Waals surface area contributed by atoms with Gasteiger partial charge in [0.2, 0.25) is 0 Å². The molecule has 2 heterocycles. The van der Waals surface area contributed by atoms with Crippen molar-refractivity contribution in [2.24, 2.45) is 0 Å². The molecule has 1 saturated heterocycles. The first-order chi connectivity index (χ1) is 14.3. The number of hydrogen-bond acceptors (Lipinski definition) is 4. The van der Waals surface area contributed by atoms with Gasteiger partial charge in [-0.3, -0.25) is 4.79 Å². The Labute approximate surface area is 167 Å². The first-order valence-corrected chi connectivity index (χ1v) is 8.70. The van der Waals surface area contributed by atoms with Crippen LogP contribution in [0.2, 0.25) is 5.02 Å². The van der Waals surface area contributed by atoms with E-state index in [2.05, 4.69) is 15.3 Å². The van der Waals surface area contributed by atoms with E-state index in [4.69, 9.17) is 17.1 Å². The van der Waals surface area contributed by atoms with Crippen molar-refractivity contribution in [1.82, 2.24) is 20.2 Å². The minimum atomic E-state index is -2.47. The molecule has 1 aromatic carbocycles. The lowest BCUT2D eigenvalue weighted by Gasteiger charge is -2.36. The number of likely N-dealkylation sites (tertiary alicyclic amines) is 1. The Morgan fingerprint density at radius 1 is 1.44 bits per heavy atom. The van der Waals surface area contributed by atoms with Gasteiger partial charge in [0, 0.05) is 53.1 Å².